The number of anilines is 2. The van der Waals surface area contributed by atoms with Crippen molar-refractivity contribution in [3.63, 3.8) is 0 Å². The number of rotatable bonds is 6. The minimum absolute atomic E-state index is 0.170. The molecule has 2 aromatic carbocycles. The van der Waals surface area contributed by atoms with Gasteiger partial charge in [-0.1, -0.05) is 17.7 Å². The van der Waals surface area contributed by atoms with Gasteiger partial charge in [0.2, 0.25) is 5.91 Å². The Bertz CT molecular complexity index is 785. The van der Waals surface area contributed by atoms with Crippen LogP contribution in [0.3, 0.4) is 0 Å². The molecule has 0 aliphatic rings. The maximum Gasteiger partial charge on any atom is 0.319 e. The highest BCUT2D eigenvalue weighted by molar-refractivity contribution is 6.32. The first-order valence-electron chi connectivity index (χ1n) is 8.17. The van der Waals surface area contributed by atoms with Gasteiger partial charge in [0.15, 0.2) is 0 Å². The standard InChI is InChI=1S/C19H22ClN3O3/c1-12-9-17(10-13(2)18(12)20)26-8-7-21-19(25)23-16-6-4-5-15(11-16)22-14(3)24/h4-6,9-11H,7-8H2,1-3H3,(H,22,24)(H2,21,23,25). The second-order valence-corrected chi connectivity index (χ2v) is 6.24. The van der Waals surface area contributed by atoms with Crippen molar-refractivity contribution in [2.45, 2.75) is 20.8 Å². The third-order valence-electron chi connectivity index (χ3n) is 3.51. The number of benzene rings is 2. The summed E-state index contributed by atoms with van der Waals surface area (Å²) in [6.45, 7) is 5.94. The molecule has 0 atom stereocenters. The second kappa shape index (κ2) is 9.10. The molecule has 0 saturated heterocycles. The van der Waals surface area contributed by atoms with Crippen LogP contribution in [0, 0.1) is 13.8 Å². The van der Waals surface area contributed by atoms with Crippen molar-refractivity contribution < 1.29 is 14.3 Å². The fourth-order valence-corrected chi connectivity index (χ4v) is 2.49. The molecule has 0 radical (unpaired) electrons. The first-order chi connectivity index (χ1) is 12.3. The highest BCUT2D eigenvalue weighted by Gasteiger charge is 2.05. The molecule has 7 heteroatoms. The van der Waals surface area contributed by atoms with Crippen molar-refractivity contribution in [2.75, 3.05) is 23.8 Å². The number of hydrogen-bond donors (Lipinski definition) is 3. The van der Waals surface area contributed by atoms with E-state index in [1.807, 2.05) is 26.0 Å². The number of amides is 3. The van der Waals surface area contributed by atoms with E-state index in [0.29, 0.717) is 24.5 Å². The Kier molecular flexibility index (Phi) is 6.86. The Balaban J connectivity index is 1.78. The van der Waals surface area contributed by atoms with E-state index in [9.17, 15) is 9.59 Å². The van der Waals surface area contributed by atoms with Crippen molar-refractivity contribution in [3.05, 3.63) is 52.5 Å². The van der Waals surface area contributed by atoms with Gasteiger partial charge in [0.25, 0.3) is 0 Å². The topological polar surface area (TPSA) is 79.5 Å². The van der Waals surface area contributed by atoms with Gasteiger partial charge in [0, 0.05) is 23.3 Å². The SMILES string of the molecule is CC(=O)Nc1cccc(NC(=O)NCCOc2cc(C)c(Cl)c(C)c2)c1. The lowest BCUT2D eigenvalue weighted by atomic mass is 10.1. The zero-order valence-corrected chi connectivity index (χ0v) is 15.7. The molecule has 6 nitrogen and oxygen atoms in total. The molecule has 0 unspecified atom stereocenters. The summed E-state index contributed by atoms with van der Waals surface area (Å²) in [6, 6.07) is 10.3. The number of nitrogens with one attached hydrogen (secondary N) is 3. The van der Waals surface area contributed by atoms with Crippen LogP contribution < -0.4 is 20.7 Å². The molecule has 0 aliphatic heterocycles. The monoisotopic (exact) mass is 375 g/mol. The average Bonchev–Trinajstić information content (AvgIpc) is 2.56. The van der Waals surface area contributed by atoms with Crippen molar-refractivity contribution in [2.24, 2.45) is 0 Å². The van der Waals surface area contributed by atoms with E-state index in [-0.39, 0.29) is 11.9 Å². The van der Waals surface area contributed by atoms with Crippen molar-refractivity contribution in [1.29, 1.82) is 0 Å². The lowest BCUT2D eigenvalue weighted by Crippen LogP contribution is -2.32. The van der Waals surface area contributed by atoms with Gasteiger partial charge in [-0.05, 0) is 55.3 Å². The predicted octanol–water partition coefficient (Wildman–Crippen LogP) is 4.12. The average molecular weight is 376 g/mol. The van der Waals surface area contributed by atoms with E-state index >= 15 is 0 Å². The summed E-state index contributed by atoms with van der Waals surface area (Å²) < 4.78 is 5.64. The quantitative estimate of drug-likeness (QED) is 0.664. The van der Waals surface area contributed by atoms with Crippen LogP contribution in [0.5, 0.6) is 5.75 Å². The summed E-state index contributed by atoms with van der Waals surface area (Å²) in [5, 5.41) is 8.81. The lowest BCUT2D eigenvalue weighted by molar-refractivity contribution is -0.114. The highest BCUT2D eigenvalue weighted by Crippen LogP contribution is 2.25. The number of carbonyl (C=O) groups excluding carboxylic acids is 2. The largest absolute Gasteiger partial charge is 0.492 e. The first kappa shape index (κ1) is 19.6. The van der Waals surface area contributed by atoms with E-state index in [1.165, 1.54) is 6.92 Å². The molecule has 0 aromatic heterocycles. The Morgan fingerprint density at radius 2 is 1.65 bits per heavy atom. The van der Waals surface area contributed by atoms with Crippen LogP contribution in [0.1, 0.15) is 18.1 Å². The van der Waals surface area contributed by atoms with Crippen LogP contribution in [0.4, 0.5) is 16.2 Å². The van der Waals surface area contributed by atoms with Gasteiger partial charge < -0.3 is 20.7 Å². The number of ether oxygens (including phenoxy) is 1. The summed E-state index contributed by atoms with van der Waals surface area (Å²) in [6.07, 6.45) is 0. The van der Waals surface area contributed by atoms with E-state index in [4.69, 9.17) is 16.3 Å². The third kappa shape index (κ3) is 5.97. The number of carbonyl (C=O) groups is 2. The van der Waals surface area contributed by atoms with E-state index in [0.717, 1.165) is 21.9 Å². The Hall–Kier alpha value is -2.73. The lowest BCUT2D eigenvalue weighted by Gasteiger charge is -2.11. The molecule has 3 N–H and O–H groups in total. The van der Waals surface area contributed by atoms with Gasteiger partial charge in [0.05, 0.1) is 6.54 Å². The van der Waals surface area contributed by atoms with Crippen molar-refractivity contribution >= 4 is 34.9 Å². The number of hydrogen-bond acceptors (Lipinski definition) is 3. The minimum atomic E-state index is -0.350. The summed E-state index contributed by atoms with van der Waals surface area (Å²) >= 11 is 6.12. The number of urea groups is 1. The van der Waals surface area contributed by atoms with Gasteiger partial charge in [0.1, 0.15) is 12.4 Å². The molecule has 0 aliphatic carbocycles. The first-order valence-corrected chi connectivity index (χ1v) is 8.55. The molecule has 0 bridgehead atoms. The van der Waals surface area contributed by atoms with Crippen molar-refractivity contribution in [1.82, 2.24) is 5.32 Å². The van der Waals surface area contributed by atoms with Crippen LogP contribution in [0.2, 0.25) is 5.02 Å². The number of halogens is 1. The maximum atomic E-state index is 11.9. The van der Waals surface area contributed by atoms with Crippen LogP contribution >= 0.6 is 11.6 Å². The van der Waals surface area contributed by atoms with E-state index < -0.39 is 0 Å². The fourth-order valence-electron chi connectivity index (χ4n) is 2.38. The third-order valence-corrected chi connectivity index (χ3v) is 4.10. The van der Waals surface area contributed by atoms with Crippen LogP contribution in [0.15, 0.2) is 36.4 Å². The van der Waals surface area contributed by atoms with E-state index in [2.05, 4.69) is 16.0 Å². The zero-order chi connectivity index (χ0) is 19.1. The molecule has 0 fully saturated rings. The smallest absolute Gasteiger partial charge is 0.319 e. The second-order valence-electron chi connectivity index (χ2n) is 5.86. The Morgan fingerprint density at radius 3 is 2.27 bits per heavy atom. The van der Waals surface area contributed by atoms with Crippen molar-refractivity contribution in [3.8, 4) is 5.75 Å². The fraction of sp³-hybridized carbons (Fsp3) is 0.263. The normalized spacial score (nSPS) is 10.2. The van der Waals surface area contributed by atoms with Crippen LogP contribution in [-0.2, 0) is 4.79 Å². The summed E-state index contributed by atoms with van der Waals surface area (Å²) in [5.41, 5.74) is 3.10. The summed E-state index contributed by atoms with van der Waals surface area (Å²) in [7, 11) is 0. The van der Waals surface area contributed by atoms with Gasteiger partial charge in [-0.15, -0.1) is 0 Å². The Morgan fingerprint density at radius 1 is 1.04 bits per heavy atom. The van der Waals surface area contributed by atoms with Gasteiger partial charge >= 0.3 is 6.03 Å². The van der Waals surface area contributed by atoms with E-state index in [1.54, 1.807) is 24.3 Å². The summed E-state index contributed by atoms with van der Waals surface area (Å²) in [5.74, 6) is 0.547. The molecule has 0 heterocycles. The highest BCUT2D eigenvalue weighted by atomic mass is 35.5. The molecule has 26 heavy (non-hydrogen) atoms. The van der Waals surface area contributed by atoms with Crippen LogP contribution in [0.25, 0.3) is 0 Å². The summed E-state index contributed by atoms with van der Waals surface area (Å²) in [4.78, 5) is 23.0. The number of aryl methyl sites for hydroxylation is 2. The Labute approximate surface area is 157 Å². The van der Waals surface area contributed by atoms with Gasteiger partial charge in [-0.3, -0.25) is 4.79 Å². The molecule has 0 saturated carbocycles. The molecule has 3 amide bonds. The maximum absolute atomic E-state index is 11.9. The molecule has 2 rings (SSSR count). The zero-order valence-electron chi connectivity index (χ0n) is 15.0. The molecular weight excluding hydrogens is 354 g/mol. The predicted molar refractivity (Wildman–Crippen MR) is 104 cm³/mol. The molecule has 138 valence electrons. The minimum Gasteiger partial charge on any atom is -0.492 e. The molecular formula is C19H22ClN3O3. The molecule has 0 spiro atoms. The molecule has 2 aromatic rings. The van der Waals surface area contributed by atoms with Gasteiger partial charge in [-0.2, -0.15) is 0 Å². The van der Waals surface area contributed by atoms with Crippen LogP contribution in [-0.4, -0.2) is 25.1 Å². The van der Waals surface area contributed by atoms with Gasteiger partial charge in [-0.25, -0.2) is 4.79 Å².